The van der Waals surface area contributed by atoms with Gasteiger partial charge in [0.25, 0.3) is 5.91 Å². The van der Waals surface area contributed by atoms with Crippen molar-refractivity contribution in [3.8, 4) is 0 Å². The molecule has 0 radical (unpaired) electrons. The summed E-state index contributed by atoms with van der Waals surface area (Å²) in [4.78, 5) is 17.7. The van der Waals surface area contributed by atoms with Gasteiger partial charge in [-0.25, -0.2) is 4.98 Å². The predicted octanol–water partition coefficient (Wildman–Crippen LogP) is 4.77. The largest absolute Gasteiger partial charge is 0.416 e. The molecule has 3 rings (SSSR count). The van der Waals surface area contributed by atoms with E-state index in [1.165, 1.54) is 12.1 Å². The molecule has 2 heterocycles. The molecule has 130 valence electrons. The Balaban J connectivity index is 1.94. The summed E-state index contributed by atoms with van der Waals surface area (Å²) < 4.78 is 38.3. The van der Waals surface area contributed by atoms with Crippen molar-refractivity contribution in [1.82, 2.24) is 4.98 Å². The predicted molar refractivity (Wildman–Crippen MR) is 92.9 cm³/mol. The molecule has 0 spiro atoms. The summed E-state index contributed by atoms with van der Waals surface area (Å²) in [5.41, 5.74) is 7.32. The minimum absolute atomic E-state index is 0.0528. The third-order valence-corrected chi connectivity index (χ3v) is 4.93. The van der Waals surface area contributed by atoms with E-state index in [9.17, 15) is 18.0 Å². The third-order valence-electron chi connectivity index (χ3n) is 3.82. The van der Waals surface area contributed by atoms with Gasteiger partial charge in [0.15, 0.2) is 0 Å². The van der Waals surface area contributed by atoms with Gasteiger partial charge < -0.3 is 11.1 Å². The maximum absolute atomic E-state index is 12.8. The Morgan fingerprint density at radius 2 is 1.96 bits per heavy atom. The van der Waals surface area contributed by atoms with Gasteiger partial charge in [-0.05, 0) is 43.7 Å². The maximum atomic E-state index is 12.8. The number of anilines is 2. The normalized spacial score (nSPS) is 11.7. The number of halogens is 3. The van der Waals surface area contributed by atoms with E-state index < -0.39 is 17.6 Å². The number of carbonyl (C=O) groups excluding carboxylic acids is 1. The number of benzene rings is 1. The Bertz CT molecular complexity index is 979. The summed E-state index contributed by atoms with van der Waals surface area (Å²) in [7, 11) is 0. The van der Waals surface area contributed by atoms with Crippen molar-refractivity contribution < 1.29 is 18.0 Å². The van der Waals surface area contributed by atoms with Gasteiger partial charge in [-0.3, -0.25) is 4.79 Å². The van der Waals surface area contributed by atoms with E-state index in [1.54, 1.807) is 0 Å². The molecule has 4 nitrogen and oxygen atoms in total. The summed E-state index contributed by atoms with van der Waals surface area (Å²) >= 11 is 1.11. The number of hydrogen-bond donors (Lipinski definition) is 2. The van der Waals surface area contributed by atoms with Crippen LogP contribution in [0.2, 0.25) is 0 Å². The number of aromatic nitrogens is 1. The molecular formula is C17H14F3N3OS. The Labute approximate surface area is 145 Å². The van der Waals surface area contributed by atoms with Gasteiger partial charge in [0.2, 0.25) is 0 Å². The van der Waals surface area contributed by atoms with Crippen molar-refractivity contribution in [1.29, 1.82) is 0 Å². The number of fused-ring (bicyclic) bond motifs is 1. The third kappa shape index (κ3) is 3.30. The first kappa shape index (κ1) is 17.2. The number of rotatable bonds is 2. The summed E-state index contributed by atoms with van der Waals surface area (Å²) in [6, 6.07) is 6.31. The zero-order chi connectivity index (χ0) is 18.4. The smallest absolute Gasteiger partial charge is 0.397 e. The molecular weight excluding hydrogens is 351 g/mol. The number of nitrogen functional groups attached to an aromatic ring is 1. The second-order valence-electron chi connectivity index (χ2n) is 5.62. The highest BCUT2D eigenvalue weighted by atomic mass is 32.1. The number of nitrogens with one attached hydrogen (secondary N) is 1. The number of amides is 1. The van der Waals surface area contributed by atoms with Gasteiger partial charge in [-0.1, -0.05) is 6.07 Å². The fraction of sp³-hybridized carbons (Fsp3) is 0.176. The molecule has 25 heavy (non-hydrogen) atoms. The first-order valence-corrected chi connectivity index (χ1v) is 8.13. The fourth-order valence-electron chi connectivity index (χ4n) is 2.36. The van der Waals surface area contributed by atoms with Crippen LogP contribution in [0.25, 0.3) is 10.2 Å². The Hall–Kier alpha value is -2.61. The van der Waals surface area contributed by atoms with E-state index in [1.807, 2.05) is 19.9 Å². The molecule has 0 bridgehead atoms. The van der Waals surface area contributed by atoms with Crippen molar-refractivity contribution in [2.45, 2.75) is 20.0 Å². The number of thiophene rings is 1. The summed E-state index contributed by atoms with van der Waals surface area (Å²) in [5.74, 6) is -0.560. The van der Waals surface area contributed by atoms with Crippen LogP contribution in [0.5, 0.6) is 0 Å². The lowest BCUT2D eigenvalue weighted by Gasteiger charge is -2.09. The molecule has 1 amide bonds. The monoisotopic (exact) mass is 365 g/mol. The molecule has 0 aliphatic carbocycles. The minimum Gasteiger partial charge on any atom is -0.397 e. The highest BCUT2D eigenvalue weighted by Gasteiger charge is 2.30. The van der Waals surface area contributed by atoms with Gasteiger partial charge in [0.1, 0.15) is 9.71 Å². The Morgan fingerprint density at radius 1 is 1.24 bits per heavy atom. The number of aryl methyl sites for hydroxylation is 2. The number of pyridine rings is 1. The van der Waals surface area contributed by atoms with Crippen LogP contribution in [0.4, 0.5) is 24.5 Å². The van der Waals surface area contributed by atoms with Gasteiger partial charge >= 0.3 is 6.18 Å². The molecule has 0 fully saturated rings. The van der Waals surface area contributed by atoms with Crippen molar-refractivity contribution >= 4 is 38.8 Å². The lowest BCUT2D eigenvalue weighted by atomic mass is 10.1. The average molecular weight is 365 g/mol. The van der Waals surface area contributed by atoms with Crippen LogP contribution in [0.15, 0.2) is 30.3 Å². The highest BCUT2D eigenvalue weighted by molar-refractivity contribution is 7.21. The average Bonchev–Trinajstić information content (AvgIpc) is 2.84. The van der Waals surface area contributed by atoms with Crippen LogP contribution in [0, 0.1) is 13.8 Å². The first-order valence-electron chi connectivity index (χ1n) is 7.31. The molecule has 2 aromatic heterocycles. The molecule has 0 atom stereocenters. The summed E-state index contributed by atoms with van der Waals surface area (Å²) in [5, 5.41) is 3.13. The molecule has 8 heteroatoms. The number of nitrogens with zero attached hydrogens (tertiary/aromatic N) is 1. The SMILES string of the molecule is Cc1cc2c(N)c(C(=O)Nc3cccc(C(F)(F)F)c3)sc2nc1C. The topological polar surface area (TPSA) is 68.0 Å². The van der Waals surface area contributed by atoms with E-state index in [0.717, 1.165) is 34.7 Å². The van der Waals surface area contributed by atoms with Crippen LogP contribution < -0.4 is 11.1 Å². The van der Waals surface area contributed by atoms with Crippen LogP contribution >= 0.6 is 11.3 Å². The van der Waals surface area contributed by atoms with Crippen LogP contribution in [-0.2, 0) is 6.18 Å². The van der Waals surface area contributed by atoms with Crippen LogP contribution in [0.1, 0.15) is 26.5 Å². The number of hydrogen-bond acceptors (Lipinski definition) is 4. The maximum Gasteiger partial charge on any atom is 0.416 e. The van der Waals surface area contributed by atoms with Gasteiger partial charge in [-0.15, -0.1) is 11.3 Å². The van der Waals surface area contributed by atoms with E-state index in [4.69, 9.17) is 5.73 Å². The number of alkyl halides is 3. The summed E-state index contributed by atoms with van der Waals surface area (Å²) in [6.45, 7) is 3.74. The molecule has 3 aromatic rings. The lowest BCUT2D eigenvalue weighted by molar-refractivity contribution is -0.137. The second-order valence-corrected chi connectivity index (χ2v) is 6.62. The fourth-order valence-corrected chi connectivity index (χ4v) is 3.38. The van der Waals surface area contributed by atoms with Crippen molar-refractivity contribution in [3.63, 3.8) is 0 Å². The van der Waals surface area contributed by atoms with Gasteiger partial charge in [0, 0.05) is 16.8 Å². The summed E-state index contributed by atoms with van der Waals surface area (Å²) in [6.07, 6.45) is -4.48. The highest BCUT2D eigenvalue weighted by Crippen LogP contribution is 2.35. The van der Waals surface area contributed by atoms with E-state index in [2.05, 4.69) is 10.3 Å². The zero-order valence-electron chi connectivity index (χ0n) is 13.4. The molecule has 0 aliphatic rings. The van der Waals surface area contributed by atoms with Crippen molar-refractivity contribution in [2.75, 3.05) is 11.1 Å². The molecule has 0 unspecified atom stereocenters. The molecule has 0 aliphatic heterocycles. The van der Waals surface area contributed by atoms with E-state index >= 15 is 0 Å². The van der Waals surface area contributed by atoms with E-state index in [-0.39, 0.29) is 16.3 Å². The second kappa shape index (κ2) is 6.03. The number of nitrogens with two attached hydrogens (primary N) is 1. The zero-order valence-corrected chi connectivity index (χ0v) is 14.2. The van der Waals surface area contributed by atoms with Crippen LogP contribution in [-0.4, -0.2) is 10.9 Å². The Kier molecular flexibility index (Phi) is 4.16. The first-order chi connectivity index (χ1) is 11.7. The molecule has 1 aromatic carbocycles. The van der Waals surface area contributed by atoms with Crippen LogP contribution in [0.3, 0.4) is 0 Å². The van der Waals surface area contributed by atoms with Gasteiger partial charge in [-0.2, -0.15) is 13.2 Å². The van der Waals surface area contributed by atoms with Crippen molar-refractivity contribution in [3.05, 3.63) is 52.0 Å². The quantitative estimate of drug-likeness (QED) is 0.688. The molecule has 0 saturated carbocycles. The number of carbonyl (C=O) groups is 1. The molecule has 3 N–H and O–H groups in total. The molecule has 0 saturated heterocycles. The van der Waals surface area contributed by atoms with Crippen molar-refractivity contribution in [2.24, 2.45) is 0 Å². The van der Waals surface area contributed by atoms with E-state index in [0.29, 0.717) is 10.2 Å². The Morgan fingerprint density at radius 3 is 2.64 bits per heavy atom. The standard InChI is InChI=1S/C17H14F3N3OS/c1-8-6-12-13(21)14(25-16(12)22-9(8)2)15(24)23-11-5-3-4-10(7-11)17(18,19)20/h3-7H,21H2,1-2H3,(H,23,24). The lowest BCUT2D eigenvalue weighted by Crippen LogP contribution is -2.13. The van der Waals surface area contributed by atoms with Gasteiger partial charge in [0.05, 0.1) is 11.3 Å². The minimum atomic E-state index is -4.48.